The highest BCUT2D eigenvalue weighted by Crippen LogP contribution is 2.26. The molecule has 0 aliphatic heterocycles. The molecule has 0 radical (unpaired) electrons. The molecule has 132 valence electrons. The summed E-state index contributed by atoms with van der Waals surface area (Å²) >= 11 is 11.6. The minimum Gasteiger partial charge on any atom is -0.325 e. The van der Waals surface area contributed by atoms with E-state index < -0.39 is 23.0 Å². The average molecular weight is 383 g/mol. The highest BCUT2D eigenvalue weighted by atomic mass is 35.5. The van der Waals surface area contributed by atoms with E-state index in [1.807, 2.05) is 6.92 Å². The Hall–Kier alpha value is -2.11. The number of benzene rings is 2. The minimum absolute atomic E-state index is 0.116. The zero-order valence-electron chi connectivity index (χ0n) is 13.9. The third-order valence-electron chi connectivity index (χ3n) is 3.76. The third-order valence-corrected chi connectivity index (χ3v) is 4.29. The molecule has 4 nitrogen and oxygen atoms in total. The highest BCUT2D eigenvalue weighted by molar-refractivity contribution is 6.31. The molecule has 0 saturated heterocycles. The van der Waals surface area contributed by atoms with E-state index in [1.165, 1.54) is 26.0 Å². The molecule has 7 heteroatoms. The van der Waals surface area contributed by atoms with Gasteiger partial charge in [0.1, 0.15) is 11.2 Å². The summed E-state index contributed by atoms with van der Waals surface area (Å²) in [5, 5.41) is 5.63. The van der Waals surface area contributed by atoms with E-state index >= 15 is 0 Å². The lowest BCUT2D eigenvalue weighted by Gasteiger charge is -2.23. The van der Waals surface area contributed by atoms with Crippen molar-refractivity contribution in [2.75, 3.05) is 10.6 Å². The molecule has 2 amide bonds. The van der Waals surface area contributed by atoms with E-state index in [0.29, 0.717) is 16.4 Å². The Labute approximate surface area is 155 Å². The van der Waals surface area contributed by atoms with Crippen LogP contribution in [0.3, 0.4) is 0 Å². The molecule has 0 aliphatic carbocycles. The van der Waals surface area contributed by atoms with Gasteiger partial charge < -0.3 is 10.6 Å². The van der Waals surface area contributed by atoms with Crippen LogP contribution in [0.2, 0.25) is 10.0 Å². The molecule has 0 spiro atoms. The quantitative estimate of drug-likeness (QED) is 0.727. The van der Waals surface area contributed by atoms with Crippen LogP contribution in [-0.4, -0.2) is 11.8 Å². The van der Waals surface area contributed by atoms with E-state index in [2.05, 4.69) is 10.6 Å². The van der Waals surface area contributed by atoms with E-state index in [1.54, 1.807) is 18.2 Å². The fraction of sp³-hybridized carbons (Fsp3) is 0.222. The van der Waals surface area contributed by atoms with Crippen molar-refractivity contribution in [2.24, 2.45) is 5.41 Å². The predicted octanol–water partition coefficient (Wildman–Crippen LogP) is 5.04. The number of carbonyl (C=O) groups is 2. The maximum absolute atomic E-state index is 13.2. The Morgan fingerprint density at radius 2 is 1.64 bits per heavy atom. The number of aryl methyl sites for hydroxylation is 1. The molecule has 0 aromatic heterocycles. The number of hydrogen-bond acceptors (Lipinski definition) is 2. The molecule has 0 bridgehead atoms. The van der Waals surface area contributed by atoms with E-state index in [0.717, 1.165) is 11.6 Å². The standard InChI is InChI=1S/C18H17Cl2FN2O2/c1-10-4-5-11(19)8-15(10)23-17(25)18(2,3)16(24)22-12-6-7-14(21)13(20)9-12/h4-9H,1-3H3,(H,22,24)(H,23,25). The van der Waals surface area contributed by atoms with Crippen LogP contribution < -0.4 is 10.6 Å². The zero-order chi connectivity index (χ0) is 18.8. The van der Waals surface area contributed by atoms with E-state index in [4.69, 9.17) is 23.2 Å². The van der Waals surface area contributed by atoms with Gasteiger partial charge in [0, 0.05) is 16.4 Å². The molecule has 25 heavy (non-hydrogen) atoms. The first-order valence-electron chi connectivity index (χ1n) is 7.45. The first-order valence-corrected chi connectivity index (χ1v) is 8.21. The largest absolute Gasteiger partial charge is 0.325 e. The van der Waals surface area contributed by atoms with Crippen molar-refractivity contribution in [3.05, 3.63) is 57.8 Å². The van der Waals surface area contributed by atoms with Crippen LogP contribution in [0.15, 0.2) is 36.4 Å². The molecule has 0 heterocycles. The summed E-state index contributed by atoms with van der Waals surface area (Å²) in [7, 11) is 0. The van der Waals surface area contributed by atoms with Gasteiger partial charge in [-0.15, -0.1) is 0 Å². The van der Waals surface area contributed by atoms with Gasteiger partial charge in [-0.3, -0.25) is 9.59 Å². The van der Waals surface area contributed by atoms with Gasteiger partial charge in [0.05, 0.1) is 5.02 Å². The van der Waals surface area contributed by atoms with Crippen LogP contribution in [0.1, 0.15) is 19.4 Å². The highest BCUT2D eigenvalue weighted by Gasteiger charge is 2.36. The molecule has 2 aromatic carbocycles. The molecule has 0 aliphatic rings. The van der Waals surface area contributed by atoms with Gasteiger partial charge in [-0.25, -0.2) is 4.39 Å². The molecule has 2 N–H and O–H groups in total. The Morgan fingerprint density at radius 1 is 1.00 bits per heavy atom. The van der Waals surface area contributed by atoms with Crippen LogP contribution in [0.25, 0.3) is 0 Å². The van der Waals surface area contributed by atoms with Crippen molar-refractivity contribution in [1.29, 1.82) is 0 Å². The monoisotopic (exact) mass is 382 g/mol. The number of hydrogen-bond donors (Lipinski definition) is 2. The Kier molecular flexibility index (Phi) is 5.70. The predicted molar refractivity (Wildman–Crippen MR) is 98.6 cm³/mol. The second-order valence-corrected chi connectivity index (χ2v) is 6.97. The summed E-state index contributed by atoms with van der Waals surface area (Å²) in [6.45, 7) is 4.80. The summed E-state index contributed by atoms with van der Waals surface area (Å²) in [4.78, 5) is 25.0. The van der Waals surface area contributed by atoms with Gasteiger partial charge >= 0.3 is 0 Å². The average Bonchev–Trinajstić information content (AvgIpc) is 2.54. The summed E-state index contributed by atoms with van der Waals surface area (Å²) in [5.41, 5.74) is 0.272. The molecular weight excluding hydrogens is 366 g/mol. The van der Waals surface area contributed by atoms with Gasteiger partial charge in [-0.05, 0) is 56.7 Å². The molecule has 0 saturated carbocycles. The van der Waals surface area contributed by atoms with Crippen molar-refractivity contribution in [3.8, 4) is 0 Å². The van der Waals surface area contributed by atoms with Gasteiger partial charge in [-0.1, -0.05) is 29.3 Å². The smallest absolute Gasteiger partial charge is 0.239 e. The maximum Gasteiger partial charge on any atom is 0.239 e. The lowest BCUT2D eigenvalue weighted by molar-refractivity contribution is -0.135. The van der Waals surface area contributed by atoms with E-state index in [-0.39, 0.29) is 5.02 Å². The normalized spacial score (nSPS) is 11.1. The molecule has 2 aromatic rings. The second kappa shape index (κ2) is 7.42. The topological polar surface area (TPSA) is 58.2 Å². The van der Waals surface area contributed by atoms with Crippen LogP contribution in [0.5, 0.6) is 0 Å². The van der Waals surface area contributed by atoms with Crippen LogP contribution >= 0.6 is 23.2 Å². The maximum atomic E-state index is 13.2. The number of carbonyl (C=O) groups excluding carboxylic acids is 2. The first kappa shape index (κ1) is 19.2. The van der Waals surface area contributed by atoms with Crippen molar-refractivity contribution >= 4 is 46.4 Å². The summed E-state index contributed by atoms with van der Waals surface area (Å²) in [5.74, 6) is -1.64. The van der Waals surface area contributed by atoms with Crippen molar-refractivity contribution in [1.82, 2.24) is 0 Å². The van der Waals surface area contributed by atoms with Gasteiger partial charge in [0.25, 0.3) is 0 Å². The molecule has 0 unspecified atom stereocenters. The Morgan fingerprint density at radius 3 is 2.28 bits per heavy atom. The molecular formula is C18H17Cl2FN2O2. The van der Waals surface area contributed by atoms with E-state index in [9.17, 15) is 14.0 Å². The summed E-state index contributed by atoms with van der Waals surface area (Å²) in [6, 6.07) is 8.88. The first-order chi connectivity index (χ1) is 11.6. The van der Waals surface area contributed by atoms with Crippen molar-refractivity contribution in [3.63, 3.8) is 0 Å². The molecule has 0 fully saturated rings. The minimum atomic E-state index is -1.38. The lowest BCUT2D eigenvalue weighted by atomic mass is 9.90. The number of rotatable bonds is 4. The van der Waals surface area contributed by atoms with Crippen molar-refractivity contribution in [2.45, 2.75) is 20.8 Å². The summed E-state index contributed by atoms with van der Waals surface area (Å²) < 4.78 is 13.2. The molecule has 2 rings (SSSR count). The second-order valence-electron chi connectivity index (χ2n) is 6.12. The fourth-order valence-electron chi connectivity index (χ4n) is 1.97. The Balaban J connectivity index is 2.15. The van der Waals surface area contributed by atoms with Crippen molar-refractivity contribution < 1.29 is 14.0 Å². The Bertz CT molecular complexity index is 838. The third kappa shape index (κ3) is 4.50. The fourth-order valence-corrected chi connectivity index (χ4v) is 2.32. The number of halogens is 3. The number of anilines is 2. The zero-order valence-corrected chi connectivity index (χ0v) is 15.4. The van der Waals surface area contributed by atoms with Crippen LogP contribution in [0, 0.1) is 18.2 Å². The van der Waals surface area contributed by atoms with Gasteiger partial charge in [-0.2, -0.15) is 0 Å². The molecule has 0 atom stereocenters. The van der Waals surface area contributed by atoms with Gasteiger partial charge in [0.15, 0.2) is 0 Å². The number of amides is 2. The van der Waals surface area contributed by atoms with Crippen LogP contribution in [0.4, 0.5) is 15.8 Å². The SMILES string of the molecule is Cc1ccc(Cl)cc1NC(=O)C(C)(C)C(=O)Nc1ccc(F)c(Cl)c1. The van der Waals surface area contributed by atoms with Crippen LogP contribution in [-0.2, 0) is 9.59 Å². The van der Waals surface area contributed by atoms with Gasteiger partial charge in [0.2, 0.25) is 11.8 Å². The lowest BCUT2D eigenvalue weighted by Crippen LogP contribution is -2.41. The summed E-state index contributed by atoms with van der Waals surface area (Å²) in [6.07, 6.45) is 0. The number of nitrogens with one attached hydrogen (secondary N) is 2.